The van der Waals surface area contributed by atoms with Crippen LogP contribution in [0, 0.1) is 13.8 Å². The number of benzene rings is 2. The average molecular weight is 254 g/mol. The molecule has 19 heavy (non-hydrogen) atoms. The van der Waals surface area contributed by atoms with Gasteiger partial charge in [-0.1, -0.05) is 30.3 Å². The van der Waals surface area contributed by atoms with Crippen LogP contribution in [0.4, 0.5) is 11.4 Å². The molecule has 0 aromatic heterocycles. The lowest BCUT2D eigenvalue weighted by Gasteiger charge is -2.25. The molecule has 0 unspecified atom stereocenters. The summed E-state index contributed by atoms with van der Waals surface area (Å²) in [6, 6.07) is 14.7. The van der Waals surface area contributed by atoms with Crippen LogP contribution in [-0.4, -0.2) is 6.54 Å². The smallest absolute Gasteiger partial charge is 0.0602 e. The van der Waals surface area contributed by atoms with Gasteiger partial charge >= 0.3 is 0 Å². The van der Waals surface area contributed by atoms with Gasteiger partial charge in [0.15, 0.2) is 0 Å². The second-order valence-electron chi connectivity index (χ2n) is 4.99. The molecule has 2 heteroatoms. The van der Waals surface area contributed by atoms with E-state index in [9.17, 15) is 0 Å². The normalized spacial score (nSPS) is 10.5. The second kappa shape index (κ2) is 5.79. The Morgan fingerprint density at radius 1 is 1.00 bits per heavy atom. The van der Waals surface area contributed by atoms with Crippen molar-refractivity contribution in [2.75, 3.05) is 17.2 Å². The fourth-order valence-corrected chi connectivity index (χ4v) is 2.27. The summed E-state index contributed by atoms with van der Waals surface area (Å²) in [7, 11) is 0. The van der Waals surface area contributed by atoms with Crippen molar-refractivity contribution in [2.24, 2.45) is 0 Å². The van der Waals surface area contributed by atoms with Gasteiger partial charge in [0.1, 0.15) is 0 Å². The minimum Gasteiger partial charge on any atom is -0.397 e. The van der Waals surface area contributed by atoms with Gasteiger partial charge < -0.3 is 10.6 Å². The standard InChI is InChI=1S/C17H22N2/c1-4-19(17-8-6-5-7-16(17)18)12-15-10-9-13(2)14(3)11-15/h5-11H,4,12,18H2,1-3H3. The van der Waals surface area contributed by atoms with Crippen LogP contribution in [0.25, 0.3) is 0 Å². The Morgan fingerprint density at radius 2 is 1.74 bits per heavy atom. The van der Waals surface area contributed by atoms with Crippen LogP contribution in [-0.2, 0) is 6.54 Å². The molecule has 0 fully saturated rings. The Hall–Kier alpha value is -1.96. The maximum absolute atomic E-state index is 6.06. The van der Waals surface area contributed by atoms with Gasteiger partial charge in [0.25, 0.3) is 0 Å². The van der Waals surface area contributed by atoms with Crippen molar-refractivity contribution in [1.29, 1.82) is 0 Å². The van der Waals surface area contributed by atoms with Crippen LogP contribution in [0.15, 0.2) is 42.5 Å². The lowest BCUT2D eigenvalue weighted by Crippen LogP contribution is -2.23. The highest BCUT2D eigenvalue weighted by Gasteiger charge is 2.08. The van der Waals surface area contributed by atoms with E-state index in [1.165, 1.54) is 16.7 Å². The molecule has 2 aromatic rings. The van der Waals surface area contributed by atoms with Gasteiger partial charge in [0, 0.05) is 13.1 Å². The molecule has 2 N–H and O–H groups in total. The third kappa shape index (κ3) is 3.08. The summed E-state index contributed by atoms with van der Waals surface area (Å²) in [4.78, 5) is 2.30. The molecule has 100 valence electrons. The largest absolute Gasteiger partial charge is 0.397 e. The number of para-hydroxylation sites is 2. The van der Waals surface area contributed by atoms with E-state index in [0.717, 1.165) is 24.5 Å². The van der Waals surface area contributed by atoms with E-state index in [2.05, 4.69) is 49.9 Å². The van der Waals surface area contributed by atoms with E-state index in [4.69, 9.17) is 5.73 Å². The quantitative estimate of drug-likeness (QED) is 0.838. The van der Waals surface area contributed by atoms with Gasteiger partial charge in [-0.05, 0) is 49.6 Å². The molecule has 0 radical (unpaired) electrons. The first-order chi connectivity index (χ1) is 9.11. The predicted molar refractivity (Wildman–Crippen MR) is 83.5 cm³/mol. The lowest BCUT2D eigenvalue weighted by atomic mass is 10.1. The number of hydrogen-bond acceptors (Lipinski definition) is 2. The number of hydrogen-bond donors (Lipinski definition) is 1. The summed E-state index contributed by atoms with van der Waals surface area (Å²) in [5.74, 6) is 0. The van der Waals surface area contributed by atoms with Gasteiger partial charge in [-0.15, -0.1) is 0 Å². The SMILES string of the molecule is CCN(Cc1ccc(C)c(C)c1)c1ccccc1N. The first-order valence-corrected chi connectivity index (χ1v) is 6.77. The Bertz CT molecular complexity index is 561. The molecule has 0 spiro atoms. The average Bonchev–Trinajstić information content (AvgIpc) is 2.41. The Labute approximate surface area is 115 Å². The summed E-state index contributed by atoms with van der Waals surface area (Å²) in [5.41, 5.74) is 12.0. The number of nitrogens with zero attached hydrogens (tertiary/aromatic N) is 1. The molecular weight excluding hydrogens is 232 g/mol. The Morgan fingerprint density at radius 3 is 2.37 bits per heavy atom. The minimum atomic E-state index is 0.841. The summed E-state index contributed by atoms with van der Waals surface area (Å²) >= 11 is 0. The number of anilines is 2. The molecule has 0 bridgehead atoms. The highest BCUT2D eigenvalue weighted by molar-refractivity contribution is 5.67. The zero-order valence-corrected chi connectivity index (χ0v) is 12.0. The zero-order valence-electron chi connectivity index (χ0n) is 12.0. The zero-order chi connectivity index (χ0) is 13.8. The summed E-state index contributed by atoms with van der Waals surface area (Å²) in [6.07, 6.45) is 0. The molecule has 0 saturated heterocycles. The maximum atomic E-state index is 6.06. The molecule has 0 heterocycles. The van der Waals surface area contributed by atoms with E-state index in [1.54, 1.807) is 0 Å². The van der Waals surface area contributed by atoms with Gasteiger partial charge in [0.2, 0.25) is 0 Å². The molecule has 2 nitrogen and oxygen atoms in total. The monoisotopic (exact) mass is 254 g/mol. The first kappa shape index (κ1) is 13.5. The lowest BCUT2D eigenvalue weighted by molar-refractivity contribution is 0.832. The van der Waals surface area contributed by atoms with Crippen molar-refractivity contribution in [3.63, 3.8) is 0 Å². The number of nitrogens with two attached hydrogens (primary N) is 1. The Balaban J connectivity index is 2.24. The molecule has 0 aliphatic heterocycles. The summed E-state index contributed by atoms with van der Waals surface area (Å²) in [6.45, 7) is 8.30. The van der Waals surface area contributed by atoms with Gasteiger partial charge in [0.05, 0.1) is 11.4 Å². The molecule has 0 aliphatic rings. The van der Waals surface area contributed by atoms with Crippen LogP contribution in [0.5, 0.6) is 0 Å². The van der Waals surface area contributed by atoms with Crippen LogP contribution in [0.3, 0.4) is 0 Å². The molecule has 2 aromatic carbocycles. The van der Waals surface area contributed by atoms with Crippen LogP contribution >= 0.6 is 0 Å². The van der Waals surface area contributed by atoms with Gasteiger partial charge in [-0.2, -0.15) is 0 Å². The van der Waals surface area contributed by atoms with Crippen molar-refractivity contribution >= 4 is 11.4 Å². The van der Waals surface area contributed by atoms with Crippen molar-refractivity contribution in [2.45, 2.75) is 27.3 Å². The number of rotatable bonds is 4. The fraction of sp³-hybridized carbons (Fsp3) is 0.294. The molecular formula is C17H22N2. The van der Waals surface area contributed by atoms with E-state index in [0.29, 0.717) is 0 Å². The maximum Gasteiger partial charge on any atom is 0.0602 e. The van der Waals surface area contributed by atoms with Crippen molar-refractivity contribution < 1.29 is 0 Å². The fourth-order valence-electron chi connectivity index (χ4n) is 2.27. The van der Waals surface area contributed by atoms with E-state index < -0.39 is 0 Å². The molecule has 0 aliphatic carbocycles. The van der Waals surface area contributed by atoms with Crippen LogP contribution in [0.1, 0.15) is 23.6 Å². The molecule has 0 amide bonds. The molecule has 0 atom stereocenters. The third-order valence-electron chi connectivity index (χ3n) is 3.60. The highest BCUT2D eigenvalue weighted by Crippen LogP contribution is 2.24. The highest BCUT2D eigenvalue weighted by atomic mass is 15.1. The third-order valence-corrected chi connectivity index (χ3v) is 3.60. The number of aryl methyl sites for hydroxylation is 2. The van der Waals surface area contributed by atoms with E-state index >= 15 is 0 Å². The van der Waals surface area contributed by atoms with Crippen molar-refractivity contribution in [3.05, 3.63) is 59.2 Å². The summed E-state index contributed by atoms with van der Waals surface area (Å²) in [5, 5.41) is 0. The topological polar surface area (TPSA) is 29.3 Å². The Kier molecular flexibility index (Phi) is 4.10. The first-order valence-electron chi connectivity index (χ1n) is 6.77. The molecule has 2 rings (SSSR count). The summed E-state index contributed by atoms with van der Waals surface area (Å²) < 4.78 is 0. The molecule has 0 saturated carbocycles. The second-order valence-corrected chi connectivity index (χ2v) is 4.99. The van der Waals surface area contributed by atoms with E-state index in [1.807, 2.05) is 18.2 Å². The van der Waals surface area contributed by atoms with Crippen LogP contribution < -0.4 is 10.6 Å². The van der Waals surface area contributed by atoms with Crippen LogP contribution in [0.2, 0.25) is 0 Å². The van der Waals surface area contributed by atoms with Crippen molar-refractivity contribution in [1.82, 2.24) is 0 Å². The van der Waals surface area contributed by atoms with E-state index in [-0.39, 0.29) is 0 Å². The van der Waals surface area contributed by atoms with Gasteiger partial charge in [-0.3, -0.25) is 0 Å². The predicted octanol–water partition coefficient (Wildman–Crippen LogP) is 3.91. The number of nitrogen functional groups attached to an aromatic ring is 1. The minimum absolute atomic E-state index is 0.841. The van der Waals surface area contributed by atoms with Gasteiger partial charge in [-0.25, -0.2) is 0 Å². The van der Waals surface area contributed by atoms with Crippen molar-refractivity contribution in [3.8, 4) is 0 Å².